The number of hydrogen-bond donors (Lipinski definition) is 3. The van der Waals surface area contributed by atoms with Crippen LogP contribution in [0.2, 0.25) is 0 Å². The van der Waals surface area contributed by atoms with E-state index < -0.39 is 11.5 Å². The molecule has 134 valence electrons. The maximum Gasteiger partial charge on any atom is 0.274 e. The fourth-order valence-electron chi connectivity index (χ4n) is 4.02. The van der Waals surface area contributed by atoms with E-state index in [0.717, 1.165) is 6.42 Å². The molecule has 0 bridgehead atoms. The van der Waals surface area contributed by atoms with Gasteiger partial charge in [-0.2, -0.15) is 5.10 Å². The summed E-state index contributed by atoms with van der Waals surface area (Å²) in [5.41, 5.74) is -0.366. The van der Waals surface area contributed by atoms with E-state index in [1.165, 1.54) is 10.7 Å². The van der Waals surface area contributed by atoms with Crippen molar-refractivity contribution in [1.82, 2.24) is 25.3 Å². The van der Waals surface area contributed by atoms with Crippen LogP contribution in [0.3, 0.4) is 0 Å². The molecule has 1 spiro atoms. The largest absolute Gasteiger partial charge is 0.392 e. The second kappa shape index (κ2) is 5.83. The third-order valence-corrected chi connectivity index (χ3v) is 5.45. The van der Waals surface area contributed by atoms with Gasteiger partial charge in [-0.3, -0.25) is 19.1 Å². The smallest absolute Gasteiger partial charge is 0.274 e. The minimum Gasteiger partial charge on any atom is -0.392 e. The molecule has 4 heterocycles. The van der Waals surface area contributed by atoms with E-state index in [-0.39, 0.29) is 30.0 Å². The Morgan fingerprint density at radius 3 is 2.88 bits per heavy atom. The van der Waals surface area contributed by atoms with Crippen molar-refractivity contribution in [3.8, 4) is 0 Å². The molecule has 0 radical (unpaired) electrons. The lowest BCUT2D eigenvalue weighted by Crippen LogP contribution is -2.62. The Labute approximate surface area is 144 Å². The highest BCUT2D eigenvalue weighted by Crippen LogP contribution is 2.37. The fraction of sp³-hybridized carbons (Fsp3) is 0.625. The standard InChI is InChI=1S/C16H21N5O4/c22-12-2-6-20(9-16(12)3-1-4-18-15(16)25)14(24)10-8-11-13(23)17-5-7-21(11)19-10/h8,12,22H,1-7,9H2,(H,17,23)(H,18,25)/t12-,16-/m1/s1. The van der Waals surface area contributed by atoms with E-state index in [1.54, 1.807) is 4.90 Å². The van der Waals surface area contributed by atoms with Gasteiger partial charge >= 0.3 is 0 Å². The van der Waals surface area contributed by atoms with Gasteiger partial charge in [0.2, 0.25) is 5.91 Å². The highest BCUT2D eigenvalue weighted by molar-refractivity contribution is 5.98. The van der Waals surface area contributed by atoms with Gasteiger partial charge in [0.25, 0.3) is 11.8 Å². The first-order valence-electron chi connectivity index (χ1n) is 8.63. The number of rotatable bonds is 1. The first-order valence-corrected chi connectivity index (χ1v) is 8.63. The molecular weight excluding hydrogens is 326 g/mol. The summed E-state index contributed by atoms with van der Waals surface area (Å²) in [6.07, 6.45) is 0.945. The number of carbonyl (C=O) groups is 3. The van der Waals surface area contributed by atoms with Crippen molar-refractivity contribution in [3.63, 3.8) is 0 Å². The van der Waals surface area contributed by atoms with Gasteiger partial charge in [0, 0.05) is 32.2 Å². The lowest BCUT2D eigenvalue weighted by molar-refractivity contribution is -0.147. The number of aliphatic hydroxyl groups excluding tert-OH is 1. The summed E-state index contributed by atoms with van der Waals surface area (Å²) in [5, 5.41) is 20.2. The third kappa shape index (κ3) is 2.50. The van der Waals surface area contributed by atoms with Crippen LogP contribution in [0.1, 0.15) is 40.2 Å². The lowest BCUT2D eigenvalue weighted by atomic mass is 9.71. The molecule has 4 rings (SSSR count). The number of aromatic nitrogens is 2. The van der Waals surface area contributed by atoms with Crippen molar-refractivity contribution in [1.29, 1.82) is 0 Å². The highest BCUT2D eigenvalue weighted by atomic mass is 16.3. The van der Waals surface area contributed by atoms with E-state index in [4.69, 9.17) is 0 Å². The van der Waals surface area contributed by atoms with Gasteiger partial charge in [-0.1, -0.05) is 0 Å². The first kappa shape index (κ1) is 16.1. The van der Waals surface area contributed by atoms with Gasteiger partial charge in [0.15, 0.2) is 5.69 Å². The van der Waals surface area contributed by atoms with E-state index in [9.17, 15) is 19.5 Å². The topological polar surface area (TPSA) is 117 Å². The van der Waals surface area contributed by atoms with Crippen molar-refractivity contribution in [2.75, 3.05) is 26.2 Å². The SMILES string of the molecule is O=C1NCCn2nc(C(=O)N3CC[C@@H](O)[C@@]4(CCCNC4=O)C3)cc21. The van der Waals surface area contributed by atoms with Gasteiger partial charge in [0.05, 0.1) is 18.1 Å². The summed E-state index contributed by atoms with van der Waals surface area (Å²) in [7, 11) is 0. The Bertz CT molecular complexity index is 745. The van der Waals surface area contributed by atoms with Crippen LogP contribution in [0.4, 0.5) is 0 Å². The summed E-state index contributed by atoms with van der Waals surface area (Å²) in [6, 6.07) is 1.50. The van der Waals surface area contributed by atoms with Crippen molar-refractivity contribution < 1.29 is 19.5 Å². The molecule has 2 saturated heterocycles. The van der Waals surface area contributed by atoms with Gasteiger partial charge < -0.3 is 20.6 Å². The molecule has 3 N–H and O–H groups in total. The van der Waals surface area contributed by atoms with Crippen LogP contribution in [0.25, 0.3) is 0 Å². The van der Waals surface area contributed by atoms with E-state index >= 15 is 0 Å². The maximum absolute atomic E-state index is 12.9. The molecule has 3 aliphatic rings. The number of aliphatic hydroxyl groups is 1. The summed E-state index contributed by atoms with van der Waals surface area (Å²) >= 11 is 0. The Balaban J connectivity index is 1.58. The van der Waals surface area contributed by atoms with Crippen LogP contribution < -0.4 is 10.6 Å². The Morgan fingerprint density at radius 2 is 2.12 bits per heavy atom. The molecule has 9 nitrogen and oxygen atoms in total. The molecular formula is C16H21N5O4. The first-order chi connectivity index (χ1) is 12.0. The molecule has 0 unspecified atom stereocenters. The number of hydrogen-bond acceptors (Lipinski definition) is 5. The lowest BCUT2D eigenvalue weighted by Gasteiger charge is -2.46. The van der Waals surface area contributed by atoms with Gasteiger partial charge in [-0.25, -0.2) is 0 Å². The fourth-order valence-corrected chi connectivity index (χ4v) is 4.02. The van der Waals surface area contributed by atoms with Crippen molar-refractivity contribution in [2.45, 2.75) is 31.9 Å². The minimum absolute atomic E-state index is 0.174. The molecule has 1 aromatic rings. The molecule has 3 amide bonds. The van der Waals surface area contributed by atoms with Crippen LogP contribution in [-0.4, -0.2) is 69.8 Å². The zero-order valence-electron chi connectivity index (χ0n) is 13.8. The highest BCUT2D eigenvalue weighted by Gasteiger charge is 2.50. The Kier molecular flexibility index (Phi) is 3.75. The summed E-state index contributed by atoms with van der Waals surface area (Å²) in [6.45, 7) is 2.15. The normalized spacial score (nSPS) is 29.2. The van der Waals surface area contributed by atoms with Crippen LogP contribution in [0.5, 0.6) is 0 Å². The van der Waals surface area contributed by atoms with E-state index in [0.29, 0.717) is 44.7 Å². The van der Waals surface area contributed by atoms with Crippen LogP contribution in [0, 0.1) is 5.41 Å². The molecule has 1 aromatic heterocycles. The summed E-state index contributed by atoms with van der Waals surface area (Å²) < 4.78 is 1.54. The second-order valence-electron chi connectivity index (χ2n) is 6.94. The minimum atomic E-state index is -0.942. The summed E-state index contributed by atoms with van der Waals surface area (Å²) in [4.78, 5) is 38.7. The molecule has 0 aliphatic carbocycles. The molecule has 2 fully saturated rings. The number of nitrogens with zero attached hydrogens (tertiary/aromatic N) is 3. The molecule has 25 heavy (non-hydrogen) atoms. The zero-order chi connectivity index (χ0) is 17.6. The Morgan fingerprint density at radius 1 is 1.28 bits per heavy atom. The van der Waals surface area contributed by atoms with Crippen LogP contribution in [0.15, 0.2) is 6.07 Å². The monoisotopic (exact) mass is 347 g/mol. The van der Waals surface area contributed by atoms with E-state index in [1.807, 2.05) is 0 Å². The van der Waals surface area contributed by atoms with Crippen LogP contribution in [-0.2, 0) is 11.3 Å². The molecule has 9 heteroatoms. The van der Waals surface area contributed by atoms with Crippen molar-refractivity contribution in [2.24, 2.45) is 5.41 Å². The molecule has 0 saturated carbocycles. The predicted octanol–water partition coefficient (Wildman–Crippen LogP) is -1.27. The molecule has 0 aromatic carbocycles. The average Bonchev–Trinajstić information content (AvgIpc) is 3.05. The zero-order valence-corrected chi connectivity index (χ0v) is 13.8. The van der Waals surface area contributed by atoms with Gasteiger partial charge in [-0.05, 0) is 19.3 Å². The number of amides is 3. The van der Waals surface area contributed by atoms with Crippen LogP contribution >= 0.6 is 0 Å². The number of likely N-dealkylation sites (tertiary alicyclic amines) is 1. The van der Waals surface area contributed by atoms with E-state index in [2.05, 4.69) is 15.7 Å². The van der Waals surface area contributed by atoms with Gasteiger partial charge in [0.1, 0.15) is 5.69 Å². The van der Waals surface area contributed by atoms with Crippen molar-refractivity contribution >= 4 is 17.7 Å². The quantitative estimate of drug-likeness (QED) is 0.586. The Hall–Kier alpha value is -2.42. The number of piperidine rings is 2. The third-order valence-electron chi connectivity index (χ3n) is 5.45. The average molecular weight is 347 g/mol. The predicted molar refractivity (Wildman–Crippen MR) is 85.8 cm³/mol. The summed E-state index contributed by atoms with van der Waals surface area (Å²) in [5.74, 6) is -0.735. The second-order valence-corrected chi connectivity index (χ2v) is 6.94. The van der Waals surface area contributed by atoms with Crippen molar-refractivity contribution in [3.05, 3.63) is 17.5 Å². The number of nitrogens with one attached hydrogen (secondary N) is 2. The molecule has 3 aliphatic heterocycles. The maximum atomic E-state index is 12.9. The van der Waals surface area contributed by atoms with Gasteiger partial charge in [-0.15, -0.1) is 0 Å². The number of fused-ring (bicyclic) bond motifs is 1. The number of carbonyl (C=O) groups excluding carboxylic acids is 3. The molecule has 2 atom stereocenters.